The standard InChI is InChI=1S/C12H11N3/c1-3-13-4-2-9(1)12-5-10-6-14-7-11(10)8-15-12/h1-5,8,14H,6-7H2. The van der Waals surface area contributed by atoms with E-state index in [4.69, 9.17) is 0 Å². The minimum absolute atomic E-state index is 0.943. The first-order valence-corrected chi connectivity index (χ1v) is 5.02. The topological polar surface area (TPSA) is 37.8 Å². The van der Waals surface area contributed by atoms with Crippen LogP contribution in [0.1, 0.15) is 11.1 Å². The Morgan fingerprint density at radius 3 is 2.73 bits per heavy atom. The Morgan fingerprint density at radius 1 is 1.07 bits per heavy atom. The SMILES string of the molecule is c1cc(-c2cc3c(cn2)CNC3)ccn1. The summed E-state index contributed by atoms with van der Waals surface area (Å²) in [6.07, 6.45) is 5.55. The number of pyridine rings is 2. The molecule has 1 N–H and O–H groups in total. The summed E-state index contributed by atoms with van der Waals surface area (Å²) >= 11 is 0. The fourth-order valence-electron chi connectivity index (χ4n) is 1.86. The second kappa shape index (κ2) is 3.44. The molecule has 3 nitrogen and oxygen atoms in total. The van der Waals surface area contributed by atoms with Crippen molar-refractivity contribution >= 4 is 0 Å². The van der Waals surface area contributed by atoms with Crippen molar-refractivity contribution in [1.82, 2.24) is 15.3 Å². The molecule has 15 heavy (non-hydrogen) atoms. The predicted octanol–water partition coefficient (Wildman–Crippen LogP) is 1.75. The van der Waals surface area contributed by atoms with Gasteiger partial charge in [0.2, 0.25) is 0 Å². The second-order valence-electron chi connectivity index (χ2n) is 3.68. The van der Waals surface area contributed by atoms with Gasteiger partial charge in [-0.05, 0) is 29.3 Å². The Balaban J connectivity index is 2.07. The van der Waals surface area contributed by atoms with Crippen LogP contribution in [0.25, 0.3) is 11.3 Å². The minimum atomic E-state index is 0.943. The van der Waals surface area contributed by atoms with Crippen LogP contribution >= 0.6 is 0 Å². The third-order valence-corrected chi connectivity index (χ3v) is 2.69. The highest BCUT2D eigenvalue weighted by Crippen LogP contribution is 2.21. The lowest BCUT2D eigenvalue weighted by Gasteiger charge is -2.02. The molecule has 0 aliphatic carbocycles. The molecule has 74 valence electrons. The first-order valence-electron chi connectivity index (χ1n) is 5.02. The van der Waals surface area contributed by atoms with E-state index < -0.39 is 0 Å². The smallest absolute Gasteiger partial charge is 0.0706 e. The monoisotopic (exact) mass is 197 g/mol. The lowest BCUT2D eigenvalue weighted by Crippen LogP contribution is -1.99. The van der Waals surface area contributed by atoms with Crippen LogP contribution in [0.3, 0.4) is 0 Å². The molecule has 3 rings (SSSR count). The fourth-order valence-corrected chi connectivity index (χ4v) is 1.86. The van der Waals surface area contributed by atoms with Crippen molar-refractivity contribution in [2.24, 2.45) is 0 Å². The van der Waals surface area contributed by atoms with Crippen molar-refractivity contribution in [3.05, 3.63) is 47.9 Å². The Bertz CT molecular complexity index is 479. The van der Waals surface area contributed by atoms with Gasteiger partial charge >= 0.3 is 0 Å². The van der Waals surface area contributed by atoms with Crippen molar-refractivity contribution in [2.45, 2.75) is 13.1 Å². The second-order valence-corrected chi connectivity index (χ2v) is 3.68. The molecule has 0 radical (unpaired) electrons. The van der Waals surface area contributed by atoms with Crippen molar-refractivity contribution in [3.8, 4) is 11.3 Å². The molecule has 0 fully saturated rings. The molecule has 2 aromatic rings. The van der Waals surface area contributed by atoms with E-state index in [1.54, 1.807) is 12.4 Å². The van der Waals surface area contributed by atoms with Crippen LogP contribution in [0.2, 0.25) is 0 Å². The van der Waals surface area contributed by atoms with Crippen molar-refractivity contribution < 1.29 is 0 Å². The lowest BCUT2D eigenvalue weighted by molar-refractivity contribution is 0.764. The van der Waals surface area contributed by atoms with E-state index in [1.165, 1.54) is 11.1 Å². The normalized spacial score (nSPS) is 13.9. The number of nitrogens with one attached hydrogen (secondary N) is 1. The minimum Gasteiger partial charge on any atom is -0.309 e. The zero-order chi connectivity index (χ0) is 10.1. The highest BCUT2D eigenvalue weighted by Gasteiger charge is 2.11. The van der Waals surface area contributed by atoms with Gasteiger partial charge in [-0.15, -0.1) is 0 Å². The van der Waals surface area contributed by atoms with Gasteiger partial charge in [0.1, 0.15) is 0 Å². The molecule has 1 aliphatic rings. The molecule has 3 heterocycles. The van der Waals surface area contributed by atoms with Gasteiger partial charge in [-0.3, -0.25) is 9.97 Å². The maximum absolute atomic E-state index is 4.45. The Morgan fingerprint density at radius 2 is 1.87 bits per heavy atom. The number of rotatable bonds is 1. The molecule has 0 saturated heterocycles. The zero-order valence-corrected chi connectivity index (χ0v) is 8.27. The number of hydrogen-bond donors (Lipinski definition) is 1. The van der Waals surface area contributed by atoms with Gasteiger partial charge in [0, 0.05) is 37.2 Å². The van der Waals surface area contributed by atoms with Crippen LogP contribution in [0, 0.1) is 0 Å². The quantitative estimate of drug-likeness (QED) is 0.756. The molecular weight excluding hydrogens is 186 g/mol. The summed E-state index contributed by atoms with van der Waals surface area (Å²) in [6.45, 7) is 1.90. The zero-order valence-electron chi connectivity index (χ0n) is 8.27. The molecule has 0 atom stereocenters. The summed E-state index contributed by atoms with van der Waals surface area (Å²) in [5.74, 6) is 0. The van der Waals surface area contributed by atoms with Crippen LogP contribution in [0.4, 0.5) is 0 Å². The summed E-state index contributed by atoms with van der Waals surface area (Å²) in [5, 5.41) is 3.31. The van der Waals surface area contributed by atoms with E-state index in [0.717, 1.165) is 24.3 Å². The molecule has 0 spiro atoms. The third kappa shape index (κ3) is 1.51. The van der Waals surface area contributed by atoms with Gasteiger partial charge in [-0.25, -0.2) is 0 Å². The van der Waals surface area contributed by atoms with Crippen molar-refractivity contribution in [2.75, 3.05) is 0 Å². The van der Waals surface area contributed by atoms with Crippen LogP contribution in [0.5, 0.6) is 0 Å². The van der Waals surface area contributed by atoms with Gasteiger partial charge < -0.3 is 5.32 Å². The number of aromatic nitrogens is 2. The van der Waals surface area contributed by atoms with Crippen LogP contribution < -0.4 is 5.32 Å². The first-order chi connectivity index (χ1) is 7.43. The molecule has 0 aromatic carbocycles. The summed E-state index contributed by atoms with van der Waals surface area (Å²) in [5.41, 5.74) is 4.82. The molecule has 0 saturated carbocycles. The highest BCUT2D eigenvalue weighted by atomic mass is 14.9. The maximum atomic E-state index is 4.45. The van der Waals surface area contributed by atoms with Gasteiger partial charge in [0.25, 0.3) is 0 Å². The molecule has 2 aromatic heterocycles. The van der Waals surface area contributed by atoms with E-state index in [2.05, 4.69) is 21.4 Å². The summed E-state index contributed by atoms with van der Waals surface area (Å²) in [6, 6.07) is 6.12. The Hall–Kier alpha value is -1.74. The summed E-state index contributed by atoms with van der Waals surface area (Å²) < 4.78 is 0. The third-order valence-electron chi connectivity index (χ3n) is 2.69. The van der Waals surface area contributed by atoms with Crippen LogP contribution in [0.15, 0.2) is 36.8 Å². The molecule has 0 amide bonds. The van der Waals surface area contributed by atoms with Crippen molar-refractivity contribution in [1.29, 1.82) is 0 Å². The molecule has 1 aliphatic heterocycles. The predicted molar refractivity (Wildman–Crippen MR) is 58.0 cm³/mol. The Labute approximate surface area is 88.2 Å². The Kier molecular flexibility index (Phi) is 1.96. The van der Waals surface area contributed by atoms with E-state index in [0.29, 0.717) is 0 Å². The first kappa shape index (κ1) is 8.56. The van der Waals surface area contributed by atoms with Gasteiger partial charge in [0.15, 0.2) is 0 Å². The summed E-state index contributed by atoms with van der Waals surface area (Å²) in [4.78, 5) is 8.46. The van der Waals surface area contributed by atoms with E-state index in [-0.39, 0.29) is 0 Å². The molecule has 0 bridgehead atoms. The van der Waals surface area contributed by atoms with E-state index in [9.17, 15) is 0 Å². The highest BCUT2D eigenvalue weighted by molar-refractivity contribution is 5.59. The lowest BCUT2D eigenvalue weighted by atomic mass is 10.1. The van der Waals surface area contributed by atoms with Crippen LogP contribution in [-0.2, 0) is 13.1 Å². The molecular formula is C12H11N3. The largest absolute Gasteiger partial charge is 0.309 e. The fraction of sp³-hybridized carbons (Fsp3) is 0.167. The summed E-state index contributed by atoms with van der Waals surface area (Å²) in [7, 11) is 0. The van der Waals surface area contributed by atoms with Gasteiger partial charge in [-0.1, -0.05) is 0 Å². The molecule has 3 heteroatoms. The van der Waals surface area contributed by atoms with Gasteiger partial charge in [-0.2, -0.15) is 0 Å². The average molecular weight is 197 g/mol. The molecule has 0 unspecified atom stereocenters. The number of hydrogen-bond acceptors (Lipinski definition) is 3. The van der Waals surface area contributed by atoms with E-state index >= 15 is 0 Å². The number of nitrogens with zero attached hydrogens (tertiary/aromatic N) is 2. The van der Waals surface area contributed by atoms with Crippen molar-refractivity contribution in [3.63, 3.8) is 0 Å². The maximum Gasteiger partial charge on any atom is 0.0706 e. The van der Waals surface area contributed by atoms with Gasteiger partial charge in [0.05, 0.1) is 5.69 Å². The van der Waals surface area contributed by atoms with Crippen LogP contribution in [-0.4, -0.2) is 9.97 Å². The number of fused-ring (bicyclic) bond motifs is 1. The van der Waals surface area contributed by atoms with E-state index in [1.807, 2.05) is 18.3 Å². The average Bonchev–Trinajstić information content (AvgIpc) is 2.77.